The molecule has 2 N–H and O–H groups in total. The zero-order chi connectivity index (χ0) is 18.2. The highest BCUT2D eigenvalue weighted by molar-refractivity contribution is 14.0. The van der Waals surface area contributed by atoms with Gasteiger partial charge in [-0.1, -0.05) is 30.3 Å². The first-order valence-electron chi connectivity index (χ1n) is 9.07. The van der Waals surface area contributed by atoms with E-state index >= 15 is 0 Å². The van der Waals surface area contributed by atoms with Crippen LogP contribution in [0, 0.1) is 5.92 Å². The number of carbonyl (C=O) groups excluding carboxylic acids is 1. The Morgan fingerprint density at radius 2 is 1.96 bits per heavy atom. The predicted molar refractivity (Wildman–Crippen MR) is 118 cm³/mol. The van der Waals surface area contributed by atoms with Crippen molar-refractivity contribution in [2.45, 2.75) is 12.8 Å². The van der Waals surface area contributed by atoms with E-state index in [1.165, 1.54) is 18.2 Å². The van der Waals surface area contributed by atoms with Gasteiger partial charge in [0.05, 0.1) is 6.26 Å². The summed E-state index contributed by atoms with van der Waals surface area (Å²) in [5, 5.41) is 6.15. The maximum Gasteiger partial charge on any atom is 0.287 e. The van der Waals surface area contributed by atoms with Gasteiger partial charge in [-0.15, -0.1) is 24.0 Å². The Hall–Kier alpha value is -2.03. The summed E-state index contributed by atoms with van der Waals surface area (Å²) in [5.74, 6) is 1.68. The molecule has 1 saturated heterocycles. The Morgan fingerprint density at radius 3 is 2.67 bits per heavy atom. The van der Waals surface area contributed by atoms with E-state index in [0.717, 1.165) is 25.5 Å². The zero-order valence-electron chi connectivity index (χ0n) is 15.6. The van der Waals surface area contributed by atoms with Crippen LogP contribution in [0.1, 0.15) is 22.5 Å². The number of amides is 1. The summed E-state index contributed by atoms with van der Waals surface area (Å²) in [7, 11) is 1.80. The van der Waals surface area contributed by atoms with Crippen molar-refractivity contribution in [3.63, 3.8) is 0 Å². The monoisotopic (exact) mass is 482 g/mol. The molecule has 7 heteroatoms. The highest BCUT2D eigenvalue weighted by Crippen LogP contribution is 2.20. The van der Waals surface area contributed by atoms with Crippen LogP contribution in [0.15, 0.2) is 58.1 Å². The first-order valence-corrected chi connectivity index (χ1v) is 9.07. The van der Waals surface area contributed by atoms with Gasteiger partial charge in [0.2, 0.25) is 0 Å². The smallest absolute Gasteiger partial charge is 0.287 e. The quantitative estimate of drug-likeness (QED) is 0.288. The molecule has 2 aromatic rings. The molecule has 0 aliphatic carbocycles. The maximum atomic E-state index is 11.8. The number of halogens is 1. The summed E-state index contributed by atoms with van der Waals surface area (Å²) in [4.78, 5) is 18.5. The van der Waals surface area contributed by atoms with Gasteiger partial charge >= 0.3 is 0 Å². The fourth-order valence-electron chi connectivity index (χ4n) is 3.32. The fraction of sp³-hybridized carbons (Fsp3) is 0.400. The van der Waals surface area contributed by atoms with E-state index in [0.29, 0.717) is 24.8 Å². The lowest BCUT2D eigenvalue weighted by Crippen LogP contribution is -2.43. The van der Waals surface area contributed by atoms with Crippen LogP contribution >= 0.6 is 24.0 Å². The number of guanidine groups is 1. The Morgan fingerprint density at radius 1 is 1.19 bits per heavy atom. The lowest BCUT2D eigenvalue weighted by Gasteiger charge is -2.21. The highest BCUT2D eigenvalue weighted by Gasteiger charge is 2.24. The fourth-order valence-corrected chi connectivity index (χ4v) is 3.32. The third-order valence-corrected chi connectivity index (χ3v) is 4.60. The molecule has 0 spiro atoms. The average molecular weight is 482 g/mol. The van der Waals surface area contributed by atoms with Crippen molar-refractivity contribution in [2.24, 2.45) is 10.9 Å². The molecule has 27 heavy (non-hydrogen) atoms. The summed E-state index contributed by atoms with van der Waals surface area (Å²) in [6, 6.07) is 14.0. The molecule has 1 atom stereocenters. The topological polar surface area (TPSA) is 69.9 Å². The summed E-state index contributed by atoms with van der Waals surface area (Å²) in [6.45, 7) is 3.15. The number of rotatable bonds is 6. The van der Waals surface area contributed by atoms with Gasteiger partial charge in [-0.05, 0) is 36.5 Å². The predicted octanol–water partition coefficient (Wildman–Crippen LogP) is 2.77. The van der Waals surface area contributed by atoms with Gasteiger partial charge in [-0.2, -0.15) is 0 Å². The second-order valence-electron chi connectivity index (χ2n) is 6.50. The van der Waals surface area contributed by atoms with Gasteiger partial charge in [0.15, 0.2) is 11.7 Å². The SMILES string of the molecule is CN=C(NCCNC(=O)c1ccco1)N1CCC(Cc2ccccc2)C1.I. The van der Waals surface area contributed by atoms with E-state index in [-0.39, 0.29) is 29.9 Å². The number of nitrogens with zero attached hydrogens (tertiary/aromatic N) is 2. The first kappa shape index (κ1) is 21.3. The van der Waals surface area contributed by atoms with Crippen LogP contribution in [0.4, 0.5) is 0 Å². The van der Waals surface area contributed by atoms with Crippen LogP contribution in [0.3, 0.4) is 0 Å². The van der Waals surface area contributed by atoms with Gasteiger partial charge < -0.3 is 20.0 Å². The zero-order valence-corrected chi connectivity index (χ0v) is 17.9. The van der Waals surface area contributed by atoms with Crippen LogP contribution < -0.4 is 10.6 Å². The second-order valence-corrected chi connectivity index (χ2v) is 6.50. The molecule has 1 unspecified atom stereocenters. The van der Waals surface area contributed by atoms with Crippen molar-refractivity contribution in [3.05, 3.63) is 60.1 Å². The standard InChI is InChI=1S/C20H26N4O2.HI/c1-21-20(23-11-10-22-19(25)18-8-5-13-26-18)24-12-9-17(15-24)14-16-6-3-2-4-7-16;/h2-8,13,17H,9-12,14-15H2,1H3,(H,21,23)(H,22,25);1H. The van der Waals surface area contributed by atoms with Gasteiger partial charge in [-0.25, -0.2) is 0 Å². The molecule has 0 radical (unpaired) electrons. The van der Waals surface area contributed by atoms with Crippen LogP contribution in [-0.4, -0.2) is 50.0 Å². The number of hydrogen-bond acceptors (Lipinski definition) is 3. The molecule has 0 bridgehead atoms. The third-order valence-electron chi connectivity index (χ3n) is 4.60. The van der Waals surface area contributed by atoms with Gasteiger partial charge in [0, 0.05) is 33.2 Å². The Kier molecular flexibility index (Phi) is 8.63. The molecule has 146 valence electrons. The molecular weight excluding hydrogens is 455 g/mol. The molecule has 1 aliphatic rings. The minimum atomic E-state index is -0.198. The van der Waals surface area contributed by atoms with E-state index in [4.69, 9.17) is 4.42 Å². The molecule has 1 fully saturated rings. The number of aliphatic imine (C=N–C) groups is 1. The molecular formula is C20H27IN4O2. The van der Waals surface area contributed by atoms with Crippen molar-refractivity contribution < 1.29 is 9.21 Å². The van der Waals surface area contributed by atoms with E-state index < -0.39 is 0 Å². The molecule has 1 aliphatic heterocycles. The molecule has 1 amide bonds. The number of furan rings is 1. The van der Waals surface area contributed by atoms with E-state index in [1.807, 2.05) is 0 Å². The highest BCUT2D eigenvalue weighted by atomic mass is 127. The van der Waals surface area contributed by atoms with Gasteiger partial charge in [0.1, 0.15) is 0 Å². The molecule has 1 aromatic heterocycles. The van der Waals surface area contributed by atoms with Crippen molar-refractivity contribution >= 4 is 35.8 Å². The second kappa shape index (κ2) is 11.0. The number of carbonyl (C=O) groups is 1. The first-order chi connectivity index (χ1) is 12.8. The van der Waals surface area contributed by atoms with Crippen LogP contribution in [-0.2, 0) is 6.42 Å². The van der Waals surface area contributed by atoms with E-state index in [2.05, 4.69) is 50.9 Å². The normalized spacial score (nSPS) is 16.7. The minimum absolute atomic E-state index is 0. The lowest BCUT2D eigenvalue weighted by molar-refractivity contribution is 0.0926. The Bertz CT molecular complexity index is 719. The van der Waals surface area contributed by atoms with Gasteiger partial charge in [0.25, 0.3) is 5.91 Å². The van der Waals surface area contributed by atoms with Crippen LogP contribution in [0.2, 0.25) is 0 Å². The number of hydrogen-bond donors (Lipinski definition) is 2. The summed E-state index contributed by atoms with van der Waals surface area (Å²) >= 11 is 0. The summed E-state index contributed by atoms with van der Waals surface area (Å²) < 4.78 is 5.07. The maximum absolute atomic E-state index is 11.8. The molecule has 0 saturated carbocycles. The minimum Gasteiger partial charge on any atom is -0.459 e. The molecule has 3 rings (SSSR count). The number of nitrogens with one attached hydrogen (secondary N) is 2. The number of likely N-dealkylation sites (tertiary alicyclic amines) is 1. The molecule has 6 nitrogen and oxygen atoms in total. The largest absolute Gasteiger partial charge is 0.459 e. The van der Waals surface area contributed by atoms with Crippen LogP contribution in [0.25, 0.3) is 0 Å². The molecule has 1 aromatic carbocycles. The third kappa shape index (κ3) is 6.27. The van der Waals surface area contributed by atoms with Crippen LogP contribution in [0.5, 0.6) is 0 Å². The van der Waals surface area contributed by atoms with Crippen molar-refractivity contribution in [1.82, 2.24) is 15.5 Å². The van der Waals surface area contributed by atoms with E-state index in [9.17, 15) is 4.79 Å². The van der Waals surface area contributed by atoms with Crippen molar-refractivity contribution in [3.8, 4) is 0 Å². The van der Waals surface area contributed by atoms with Crippen molar-refractivity contribution in [2.75, 3.05) is 33.2 Å². The average Bonchev–Trinajstić information content (AvgIpc) is 3.35. The summed E-state index contributed by atoms with van der Waals surface area (Å²) in [6.07, 6.45) is 3.77. The number of benzene rings is 1. The Labute approximate surface area is 177 Å². The molecule has 2 heterocycles. The lowest BCUT2D eigenvalue weighted by atomic mass is 9.99. The van der Waals surface area contributed by atoms with E-state index in [1.54, 1.807) is 19.2 Å². The van der Waals surface area contributed by atoms with Gasteiger partial charge in [-0.3, -0.25) is 9.79 Å². The van der Waals surface area contributed by atoms with Crippen molar-refractivity contribution in [1.29, 1.82) is 0 Å². The Balaban J connectivity index is 0.00000261. The summed E-state index contributed by atoms with van der Waals surface area (Å²) in [5.41, 5.74) is 1.39.